The summed E-state index contributed by atoms with van der Waals surface area (Å²) < 4.78 is 11.4. The zero-order valence-electron chi connectivity index (χ0n) is 17.4. The van der Waals surface area contributed by atoms with Crippen molar-refractivity contribution in [3.05, 3.63) is 46.7 Å². The van der Waals surface area contributed by atoms with E-state index < -0.39 is 5.41 Å². The van der Waals surface area contributed by atoms with Gasteiger partial charge in [-0.1, -0.05) is 25.5 Å². The summed E-state index contributed by atoms with van der Waals surface area (Å²) in [6.45, 7) is 2.74. The van der Waals surface area contributed by atoms with Crippen LogP contribution in [0.1, 0.15) is 50.5 Å². The average Bonchev–Trinajstić information content (AvgIpc) is 2.78. The lowest BCUT2D eigenvalue weighted by Crippen LogP contribution is -2.37. The summed E-state index contributed by atoms with van der Waals surface area (Å²) in [5.74, 6) is 1.30. The highest BCUT2D eigenvalue weighted by molar-refractivity contribution is 5.57. The third kappa shape index (κ3) is 3.60. The molecule has 154 valence electrons. The molecule has 0 heterocycles. The number of nitriles is 3. The first kappa shape index (κ1) is 21.3. The number of unbranched alkanes of at least 4 members (excludes halogenated alkanes) is 1. The lowest BCUT2D eigenvalue weighted by molar-refractivity contribution is 0.287. The van der Waals surface area contributed by atoms with Gasteiger partial charge in [-0.3, -0.25) is 0 Å². The van der Waals surface area contributed by atoms with Crippen molar-refractivity contribution in [2.75, 3.05) is 13.7 Å². The van der Waals surface area contributed by atoms with E-state index in [1.54, 1.807) is 7.11 Å². The van der Waals surface area contributed by atoms with Gasteiger partial charge in [0.25, 0.3) is 0 Å². The van der Waals surface area contributed by atoms with E-state index in [9.17, 15) is 15.8 Å². The fraction of sp³-hybridized carbons (Fsp3) is 0.458. The average molecular weight is 402 g/mol. The normalized spacial score (nSPS) is 22.0. The Morgan fingerprint density at radius 2 is 1.93 bits per heavy atom. The maximum atomic E-state index is 9.74. The molecule has 3 rings (SSSR count). The maximum Gasteiger partial charge on any atom is 0.184 e. The van der Waals surface area contributed by atoms with Crippen molar-refractivity contribution in [3.8, 4) is 29.7 Å². The van der Waals surface area contributed by atoms with Gasteiger partial charge in [0.1, 0.15) is 6.07 Å². The molecule has 30 heavy (non-hydrogen) atoms. The number of methoxy groups -OCH3 is 1. The van der Waals surface area contributed by atoms with Crippen molar-refractivity contribution in [1.29, 1.82) is 15.8 Å². The van der Waals surface area contributed by atoms with Crippen LogP contribution in [0.3, 0.4) is 0 Å². The van der Waals surface area contributed by atoms with Gasteiger partial charge in [0.05, 0.1) is 37.1 Å². The van der Waals surface area contributed by atoms with Crippen molar-refractivity contribution < 1.29 is 9.47 Å². The largest absolute Gasteiger partial charge is 0.493 e. The Morgan fingerprint density at radius 1 is 1.17 bits per heavy atom. The van der Waals surface area contributed by atoms with Gasteiger partial charge in [-0.05, 0) is 60.8 Å². The highest BCUT2D eigenvalue weighted by atomic mass is 16.5. The van der Waals surface area contributed by atoms with Gasteiger partial charge in [0.2, 0.25) is 0 Å². The predicted octanol–water partition coefficient (Wildman–Crippen LogP) is 4.47. The smallest absolute Gasteiger partial charge is 0.184 e. The monoisotopic (exact) mass is 402 g/mol. The van der Waals surface area contributed by atoms with E-state index in [1.807, 2.05) is 24.3 Å². The molecule has 0 aliphatic heterocycles. The van der Waals surface area contributed by atoms with Crippen LogP contribution in [0.15, 0.2) is 41.1 Å². The first-order chi connectivity index (χ1) is 14.5. The van der Waals surface area contributed by atoms with Gasteiger partial charge in [0.15, 0.2) is 16.9 Å². The SMILES string of the molecule is CCCCOc1ccc([C@@H]2CCC=C3C(C#N)=C(N)C(C#N)(C#N)C[C@@H]32)cc1OC. The van der Waals surface area contributed by atoms with Crippen molar-refractivity contribution in [3.63, 3.8) is 0 Å². The van der Waals surface area contributed by atoms with Crippen LogP contribution in [0.2, 0.25) is 0 Å². The molecule has 0 bridgehead atoms. The fourth-order valence-electron chi connectivity index (χ4n) is 4.46. The molecule has 0 amide bonds. The Morgan fingerprint density at radius 3 is 2.57 bits per heavy atom. The van der Waals surface area contributed by atoms with E-state index in [-0.39, 0.29) is 29.5 Å². The molecule has 0 spiro atoms. The molecule has 2 atom stereocenters. The van der Waals surface area contributed by atoms with Gasteiger partial charge in [-0.2, -0.15) is 15.8 Å². The standard InChI is InChI=1S/C24H26N4O2/c1-3-4-10-30-21-9-8-16(11-22(21)29-2)17-6-5-7-18-19(17)12-24(14-26,15-27)23(28)20(18)13-25/h7-9,11,17,19H,3-6,10,12,28H2,1-2H3/t17-,19+/m0/s1. The zero-order chi connectivity index (χ0) is 21.7. The summed E-state index contributed by atoms with van der Waals surface area (Å²) in [6, 6.07) is 12.2. The van der Waals surface area contributed by atoms with Gasteiger partial charge in [-0.25, -0.2) is 0 Å². The summed E-state index contributed by atoms with van der Waals surface area (Å²) in [5, 5.41) is 29.2. The van der Waals surface area contributed by atoms with Crippen molar-refractivity contribution in [1.82, 2.24) is 0 Å². The van der Waals surface area contributed by atoms with Gasteiger partial charge >= 0.3 is 0 Å². The number of hydrogen-bond donors (Lipinski definition) is 1. The molecule has 1 aromatic rings. The van der Waals surface area contributed by atoms with E-state index >= 15 is 0 Å². The zero-order valence-corrected chi connectivity index (χ0v) is 17.4. The predicted molar refractivity (Wildman–Crippen MR) is 112 cm³/mol. The van der Waals surface area contributed by atoms with Crippen LogP contribution >= 0.6 is 0 Å². The Kier molecular flexibility index (Phi) is 6.34. The molecule has 0 saturated heterocycles. The topological polar surface area (TPSA) is 116 Å². The maximum absolute atomic E-state index is 9.74. The molecular formula is C24H26N4O2. The molecule has 6 heteroatoms. The van der Waals surface area contributed by atoms with Crippen molar-refractivity contribution in [2.45, 2.75) is 44.9 Å². The number of allylic oxidation sites excluding steroid dienone is 4. The number of benzene rings is 1. The Balaban J connectivity index is 2.00. The van der Waals surface area contributed by atoms with Gasteiger partial charge in [-0.15, -0.1) is 0 Å². The third-order valence-electron chi connectivity index (χ3n) is 6.14. The molecular weight excluding hydrogens is 376 g/mol. The van der Waals surface area contributed by atoms with Crippen LogP contribution in [0.5, 0.6) is 11.5 Å². The van der Waals surface area contributed by atoms with Crippen molar-refractivity contribution in [2.24, 2.45) is 17.1 Å². The Bertz CT molecular complexity index is 990. The number of nitrogens with zero attached hydrogens (tertiary/aromatic N) is 3. The lowest BCUT2D eigenvalue weighted by atomic mass is 9.61. The molecule has 2 N–H and O–H groups in total. The molecule has 0 saturated carbocycles. The third-order valence-corrected chi connectivity index (χ3v) is 6.14. The minimum absolute atomic E-state index is 0.0566. The quantitative estimate of drug-likeness (QED) is 0.702. The second kappa shape index (κ2) is 8.93. The minimum Gasteiger partial charge on any atom is -0.493 e. The second-order valence-corrected chi connectivity index (χ2v) is 7.80. The number of hydrogen-bond acceptors (Lipinski definition) is 6. The van der Waals surface area contributed by atoms with Crippen LogP contribution in [0.4, 0.5) is 0 Å². The summed E-state index contributed by atoms with van der Waals surface area (Å²) in [5.41, 5.74) is 6.93. The molecule has 0 unspecified atom stereocenters. The van der Waals surface area contributed by atoms with Gasteiger partial charge in [0, 0.05) is 0 Å². The van der Waals surface area contributed by atoms with E-state index in [2.05, 4.69) is 25.1 Å². The summed E-state index contributed by atoms with van der Waals surface area (Å²) in [6.07, 6.45) is 6.00. The molecule has 2 aliphatic carbocycles. The summed E-state index contributed by atoms with van der Waals surface area (Å²) in [7, 11) is 1.62. The first-order valence-corrected chi connectivity index (χ1v) is 10.3. The van der Waals surface area contributed by atoms with Crippen LogP contribution in [-0.2, 0) is 0 Å². The molecule has 0 aromatic heterocycles. The Hall–Kier alpha value is -3.43. The number of rotatable bonds is 6. The van der Waals surface area contributed by atoms with E-state index in [0.717, 1.165) is 36.8 Å². The number of fused-ring (bicyclic) bond motifs is 1. The number of ether oxygens (including phenoxy) is 2. The number of nitrogens with two attached hydrogens (primary N) is 1. The molecule has 0 fully saturated rings. The minimum atomic E-state index is -1.48. The van der Waals surface area contributed by atoms with Crippen molar-refractivity contribution >= 4 is 0 Å². The Labute approximate surface area is 177 Å². The molecule has 2 aliphatic rings. The van der Waals surface area contributed by atoms with E-state index in [1.165, 1.54) is 0 Å². The van der Waals surface area contributed by atoms with E-state index in [0.29, 0.717) is 18.1 Å². The van der Waals surface area contributed by atoms with Gasteiger partial charge < -0.3 is 15.2 Å². The molecule has 0 radical (unpaired) electrons. The second-order valence-electron chi connectivity index (χ2n) is 7.80. The van der Waals surface area contributed by atoms with Crippen LogP contribution in [-0.4, -0.2) is 13.7 Å². The highest BCUT2D eigenvalue weighted by Crippen LogP contribution is 2.52. The molecule has 1 aromatic carbocycles. The fourth-order valence-corrected chi connectivity index (χ4v) is 4.46. The van der Waals surface area contributed by atoms with E-state index in [4.69, 9.17) is 15.2 Å². The van der Waals surface area contributed by atoms with Crippen LogP contribution in [0.25, 0.3) is 0 Å². The van der Waals surface area contributed by atoms with Crippen LogP contribution in [0, 0.1) is 45.3 Å². The summed E-state index contributed by atoms with van der Waals surface area (Å²) >= 11 is 0. The van der Waals surface area contributed by atoms with Crippen LogP contribution < -0.4 is 15.2 Å². The summed E-state index contributed by atoms with van der Waals surface area (Å²) in [4.78, 5) is 0. The molecule has 6 nitrogen and oxygen atoms in total. The highest BCUT2D eigenvalue weighted by Gasteiger charge is 2.47. The lowest BCUT2D eigenvalue weighted by Gasteiger charge is -2.40. The first-order valence-electron chi connectivity index (χ1n) is 10.3.